The smallest absolute Gasteiger partial charge is 0.246 e. The maximum absolute atomic E-state index is 12.6. The van der Waals surface area contributed by atoms with Crippen molar-refractivity contribution < 1.29 is 14.1 Å². The van der Waals surface area contributed by atoms with Gasteiger partial charge in [-0.2, -0.15) is 4.98 Å². The highest BCUT2D eigenvalue weighted by molar-refractivity contribution is 5.97. The third-order valence-corrected chi connectivity index (χ3v) is 4.65. The first-order valence-electron chi connectivity index (χ1n) is 7.58. The molecule has 1 aliphatic carbocycles. The van der Waals surface area contributed by atoms with Gasteiger partial charge in [-0.25, -0.2) is 0 Å². The van der Waals surface area contributed by atoms with Crippen LogP contribution in [0.5, 0.6) is 0 Å². The summed E-state index contributed by atoms with van der Waals surface area (Å²) in [4.78, 5) is 32.6. The number of hydrogen-bond acceptors (Lipinski definition) is 5. The number of carbonyl (C=O) groups excluding carboxylic acids is 2. The number of piperazine rings is 1. The summed E-state index contributed by atoms with van der Waals surface area (Å²) in [5.41, 5.74) is 0. The Hall–Kier alpha value is -1.92. The third kappa shape index (κ3) is 2.02. The van der Waals surface area contributed by atoms with Gasteiger partial charge in [-0.05, 0) is 32.6 Å². The minimum absolute atomic E-state index is 0.0115. The lowest BCUT2D eigenvalue weighted by atomic mass is 10.1. The van der Waals surface area contributed by atoms with E-state index in [-0.39, 0.29) is 24.4 Å². The second-order valence-corrected chi connectivity index (χ2v) is 6.15. The molecule has 4 rings (SSSR count). The van der Waals surface area contributed by atoms with Crippen molar-refractivity contribution in [3.05, 3.63) is 11.7 Å². The normalized spacial score (nSPS) is 29.2. The van der Waals surface area contributed by atoms with Crippen molar-refractivity contribution in [2.75, 3.05) is 6.54 Å². The van der Waals surface area contributed by atoms with Gasteiger partial charge in [0.15, 0.2) is 5.82 Å². The van der Waals surface area contributed by atoms with Crippen LogP contribution in [0.3, 0.4) is 0 Å². The van der Waals surface area contributed by atoms with E-state index in [1.807, 2.05) is 0 Å². The van der Waals surface area contributed by atoms with Gasteiger partial charge < -0.3 is 14.3 Å². The van der Waals surface area contributed by atoms with Gasteiger partial charge >= 0.3 is 0 Å². The van der Waals surface area contributed by atoms with Gasteiger partial charge in [-0.15, -0.1) is 0 Å². The number of rotatable bonds is 3. The zero-order chi connectivity index (χ0) is 14.6. The largest absolute Gasteiger partial charge is 0.339 e. The van der Waals surface area contributed by atoms with Crippen LogP contribution in [0.15, 0.2) is 4.52 Å². The number of fused-ring (bicyclic) bond motifs is 1. The van der Waals surface area contributed by atoms with Gasteiger partial charge in [-0.1, -0.05) is 5.16 Å². The van der Waals surface area contributed by atoms with Crippen molar-refractivity contribution in [1.82, 2.24) is 19.9 Å². The number of nitrogens with zero attached hydrogens (tertiary/aromatic N) is 4. The Bertz CT molecular complexity index is 595. The molecule has 2 aliphatic heterocycles. The molecule has 112 valence electrons. The van der Waals surface area contributed by atoms with Crippen LogP contribution in [0.2, 0.25) is 0 Å². The second-order valence-electron chi connectivity index (χ2n) is 6.15. The summed E-state index contributed by atoms with van der Waals surface area (Å²) < 4.78 is 5.22. The van der Waals surface area contributed by atoms with E-state index in [4.69, 9.17) is 4.52 Å². The molecule has 0 N–H and O–H groups in total. The highest BCUT2D eigenvalue weighted by Crippen LogP contribution is 2.39. The Morgan fingerprint density at radius 2 is 2.05 bits per heavy atom. The minimum atomic E-state index is -0.449. The van der Waals surface area contributed by atoms with Gasteiger partial charge in [0.25, 0.3) is 0 Å². The fraction of sp³-hybridized carbons (Fsp3) is 0.714. The Kier molecular flexibility index (Phi) is 2.77. The molecular formula is C14H18N4O3. The van der Waals surface area contributed by atoms with Crippen molar-refractivity contribution in [3.8, 4) is 0 Å². The number of hydrogen-bond donors (Lipinski definition) is 0. The van der Waals surface area contributed by atoms with Crippen molar-refractivity contribution in [2.45, 2.75) is 57.2 Å². The molecule has 0 spiro atoms. The Morgan fingerprint density at radius 1 is 1.24 bits per heavy atom. The minimum Gasteiger partial charge on any atom is -0.339 e. The molecule has 2 atom stereocenters. The molecule has 3 fully saturated rings. The first-order chi connectivity index (χ1) is 10.1. The quantitative estimate of drug-likeness (QED) is 0.817. The van der Waals surface area contributed by atoms with Crippen LogP contribution in [0.25, 0.3) is 0 Å². The molecule has 0 unspecified atom stereocenters. The predicted molar refractivity (Wildman–Crippen MR) is 71.0 cm³/mol. The second kappa shape index (κ2) is 4.54. The average Bonchev–Trinajstić information content (AvgIpc) is 3.02. The van der Waals surface area contributed by atoms with E-state index in [1.54, 1.807) is 16.7 Å². The molecule has 2 saturated heterocycles. The maximum atomic E-state index is 12.6. The summed E-state index contributed by atoms with van der Waals surface area (Å²) in [6.45, 7) is 2.73. The Labute approximate surface area is 122 Å². The van der Waals surface area contributed by atoms with Crippen molar-refractivity contribution >= 4 is 11.8 Å². The fourth-order valence-electron chi connectivity index (χ4n) is 3.24. The van der Waals surface area contributed by atoms with E-state index in [0.717, 1.165) is 25.7 Å². The molecule has 7 heteroatoms. The van der Waals surface area contributed by atoms with E-state index >= 15 is 0 Å². The van der Waals surface area contributed by atoms with Crippen molar-refractivity contribution in [3.63, 3.8) is 0 Å². The van der Waals surface area contributed by atoms with Crippen LogP contribution in [0.4, 0.5) is 0 Å². The molecule has 0 radical (unpaired) electrons. The van der Waals surface area contributed by atoms with Crippen LogP contribution >= 0.6 is 0 Å². The summed E-state index contributed by atoms with van der Waals surface area (Å²) in [6.07, 6.45) is 3.84. The summed E-state index contributed by atoms with van der Waals surface area (Å²) >= 11 is 0. The molecule has 0 bridgehead atoms. The molecule has 3 heterocycles. The SMILES string of the molecule is C[C@H]1C(=O)N2CCC[C@H]2C(=O)N1Cc1noc(C2CC2)n1. The van der Waals surface area contributed by atoms with Crippen molar-refractivity contribution in [2.24, 2.45) is 0 Å². The van der Waals surface area contributed by atoms with Gasteiger partial charge in [0, 0.05) is 12.5 Å². The first kappa shape index (κ1) is 12.8. The molecule has 1 aromatic rings. The van der Waals surface area contributed by atoms with Crippen LogP contribution < -0.4 is 0 Å². The Balaban J connectivity index is 1.54. The van der Waals surface area contributed by atoms with E-state index in [1.165, 1.54) is 0 Å². The first-order valence-corrected chi connectivity index (χ1v) is 7.58. The topological polar surface area (TPSA) is 79.5 Å². The number of amides is 2. The lowest BCUT2D eigenvalue weighted by molar-refractivity contribution is -0.159. The third-order valence-electron chi connectivity index (χ3n) is 4.65. The average molecular weight is 290 g/mol. The molecule has 0 aromatic carbocycles. The maximum Gasteiger partial charge on any atom is 0.246 e. The number of aromatic nitrogens is 2. The summed E-state index contributed by atoms with van der Waals surface area (Å²) in [5, 5.41) is 3.95. The van der Waals surface area contributed by atoms with Gasteiger partial charge in [0.2, 0.25) is 17.7 Å². The van der Waals surface area contributed by atoms with Gasteiger partial charge in [0.05, 0.1) is 6.54 Å². The molecule has 7 nitrogen and oxygen atoms in total. The molecule has 3 aliphatic rings. The van der Waals surface area contributed by atoms with Crippen LogP contribution in [0.1, 0.15) is 50.2 Å². The molecule has 2 amide bonds. The van der Waals surface area contributed by atoms with Gasteiger partial charge in [0.1, 0.15) is 12.1 Å². The highest BCUT2D eigenvalue weighted by Gasteiger charge is 2.46. The lowest BCUT2D eigenvalue weighted by Gasteiger charge is -2.40. The van der Waals surface area contributed by atoms with Crippen LogP contribution in [-0.2, 0) is 16.1 Å². The van der Waals surface area contributed by atoms with E-state index in [2.05, 4.69) is 10.1 Å². The number of carbonyl (C=O) groups is 2. The monoisotopic (exact) mass is 290 g/mol. The molecular weight excluding hydrogens is 272 g/mol. The van der Waals surface area contributed by atoms with E-state index < -0.39 is 6.04 Å². The van der Waals surface area contributed by atoms with Crippen LogP contribution in [-0.4, -0.2) is 50.4 Å². The summed E-state index contributed by atoms with van der Waals surface area (Å²) in [7, 11) is 0. The zero-order valence-corrected chi connectivity index (χ0v) is 12.0. The zero-order valence-electron chi connectivity index (χ0n) is 12.0. The molecule has 21 heavy (non-hydrogen) atoms. The van der Waals surface area contributed by atoms with Gasteiger partial charge in [-0.3, -0.25) is 9.59 Å². The predicted octanol–water partition coefficient (Wildman–Crippen LogP) is 0.669. The molecule has 1 aromatic heterocycles. The van der Waals surface area contributed by atoms with Crippen molar-refractivity contribution in [1.29, 1.82) is 0 Å². The lowest BCUT2D eigenvalue weighted by Crippen LogP contribution is -2.61. The summed E-state index contributed by atoms with van der Waals surface area (Å²) in [6, 6.07) is -0.738. The summed E-state index contributed by atoms with van der Waals surface area (Å²) in [5.74, 6) is 1.60. The van der Waals surface area contributed by atoms with Crippen LogP contribution in [0, 0.1) is 0 Å². The standard InChI is InChI=1S/C14H18N4O3/c1-8-13(19)17-6-2-3-10(17)14(20)18(8)7-11-15-12(21-16-11)9-4-5-9/h8-10H,2-7H2,1H3/t8-,10-/m0/s1. The highest BCUT2D eigenvalue weighted by atomic mass is 16.5. The fourth-order valence-corrected chi connectivity index (χ4v) is 3.24. The Morgan fingerprint density at radius 3 is 2.81 bits per heavy atom. The van der Waals surface area contributed by atoms with E-state index in [9.17, 15) is 9.59 Å². The van der Waals surface area contributed by atoms with E-state index in [0.29, 0.717) is 24.2 Å². The molecule has 1 saturated carbocycles.